The third kappa shape index (κ3) is 2.12. The maximum atomic E-state index is 13.6. The summed E-state index contributed by atoms with van der Waals surface area (Å²) in [7, 11) is 0. The first kappa shape index (κ1) is 13.2. The van der Waals surface area contributed by atoms with Gasteiger partial charge in [-0.15, -0.1) is 11.6 Å². The lowest BCUT2D eigenvalue weighted by Crippen LogP contribution is -2.58. The van der Waals surface area contributed by atoms with Crippen LogP contribution in [0.15, 0.2) is 18.2 Å². The fourth-order valence-electron chi connectivity index (χ4n) is 3.45. The van der Waals surface area contributed by atoms with Gasteiger partial charge in [-0.3, -0.25) is 0 Å². The molecule has 2 aliphatic rings. The van der Waals surface area contributed by atoms with Crippen LogP contribution in [0.3, 0.4) is 0 Å². The van der Waals surface area contributed by atoms with Crippen molar-refractivity contribution < 1.29 is 13.5 Å². The molecular weight excluding hydrogens is 270 g/mol. The van der Waals surface area contributed by atoms with Crippen LogP contribution in [-0.2, 0) is 0 Å². The molecule has 0 bridgehead atoms. The molecule has 1 aromatic rings. The highest BCUT2D eigenvalue weighted by molar-refractivity contribution is 6.21. The predicted octanol–water partition coefficient (Wildman–Crippen LogP) is 4.67. The Hall–Kier alpha value is -0.830. The van der Waals surface area contributed by atoms with Crippen molar-refractivity contribution in [2.45, 2.75) is 50.0 Å². The number of halogens is 3. The molecule has 19 heavy (non-hydrogen) atoms. The highest BCUT2D eigenvalue weighted by Crippen LogP contribution is 2.55. The molecule has 3 rings (SSSR count). The van der Waals surface area contributed by atoms with Gasteiger partial charge in [-0.1, -0.05) is 25.3 Å². The molecule has 0 aromatic heterocycles. The van der Waals surface area contributed by atoms with Crippen LogP contribution in [0, 0.1) is 17.0 Å². The first-order valence-electron chi connectivity index (χ1n) is 6.88. The zero-order chi connectivity index (χ0) is 13.5. The summed E-state index contributed by atoms with van der Waals surface area (Å²) in [6.45, 7) is 0. The summed E-state index contributed by atoms with van der Waals surface area (Å²) >= 11 is 6.36. The van der Waals surface area contributed by atoms with Gasteiger partial charge >= 0.3 is 0 Å². The van der Waals surface area contributed by atoms with E-state index in [9.17, 15) is 8.78 Å². The first-order chi connectivity index (χ1) is 9.13. The van der Waals surface area contributed by atoms with Gasteiger partial charge in [0.15, 0.2) is 17.4 Å². The molecule has 4 heteroatoms. The maximum Gasteiger partial charge on any atom is 0.191 e. The fourth-order valence-corrected chi connectivity index (χ4v) is 3.97. The van der Waals surface area contributed by atoms with Crippen molar-refractivity contribution in [1.82, 2.24) is 0 Å². The van der Waals surface area contributed by atoms with E-state index in [1.807, 2.05) is 0 Å². The van der Waals surface area contributed by atoms with E-state index < -0.39 is 11.6 Å². The van der Waals surface area contributed by atoms with Gasteiger partial charge in [0, 0.05) is 17.2 Å². The van der Waals surface area contributed by atoms with Gasteiger partial charge in [-0.2, -0.15) is 0 Å². The van der Waals surface area contributed by atoms with Gasteiger partial charge in [0.2, 0.25) is 0 Å². The molecule has 1 spiro atoms. The number of hydrogen-bond acceptors (Lipinski definition) is 1. The van der Waals surface area contributed by atoms with E-state index in [0.717, 1.165) is 25.7 Å². The lowest BCUT2D eigenvalue weighted by Gasteiger charge is -2.54. The van der Waals surface area contributed by atoms with Crippen LogP contribution < -0.4 is 4.74 Å². The molecule has 104 valence electrons. The second-order valence-electron chi connectivity index (χ2n) is 5.65. The molecule has 1 nitrogen and oxygen atoms in total. The summed E-state index contributed by atoms with van der Waals surface area (Å²) < 4.78 is 32.9. The highest BCUT2D eigenvalue weighted by atomic mass is 35.5. The summed E-state index contributed by atoms with van der Waals surface area (Å²) in [6.07, 6.45) is 6.00. The van der Waals surface area contributed by atoms with E-state index in [1.165, 1.54) is 24.6 Å². The van der Waals surface area contributed by atoms with Crippen molar-refractivity contribution in [3.05, 3.63) is 29.8 Å². The molecule has 0 heterocycles. The van der Waals surface area contributed by atoms with Crippen molar-refractivity contribution in [3.63, 3.8) is 0 Å². The minimum atomic E-state index is -0.635. The maximum absolute atomic E-state index is 13.6. The third-order valence-electron chi connectivity index (χ3n) is 4.65. The van der Waals surface area contributed by atoms with E-state index in [-0.39, 0.29) is 22.6 Å². The van der Waals surface area contributed by atoms with Crippen molar-refractivity contribution in [2.75, 3.05) is 0 Å². The molecule has 1 aromatic carbocycles. The average Bonchev–Trinajstić information content (AvgIpc) is 2.43. The van der Waals surface area contributed by atoms with Gasteiger partial charge in [0.25, 0.3) is 0 Å². The van der Waals surface area contributed by atoms with E-state index in [0.29, 0.717) is 6.42 Å². The van der Waals surface area contributed by atoms with Crippen molar-refractivity contribution in [2.24, 2.45) is 5.41 Å². The van der Waals surface area contributed by atoms with E-state index >= 15 is 0 Å². The molecular formula is C15H17ClF2O. The summed E-state index contributed by atoms with van der Waals surface area (Å²) in [4.78, 5) is 0. The minimum absolute atomic E-state index is 0.0749. The molecule has 2 saturated carbocycles. The number of alkyl halides is 1. The summed E-state index contributed by atoms with van der Waals surface area (Å²) in [6, 6.07) is 3.80. The Balaban J connectivity index is 1.80. The Labute approximate surface area is 116 Å². The molecule has 0 radical (unpaired) electrons. The van der Waals surface area contributed by atoms with Crippen LogP contribution in [0.2, 0.25) is 0 Å². The highest BCUT2D eigenvalue weighted by Gasteiger charge is 2.56. The van der Waals surface area contributed by atoms with Gasteiger partial charge < -0.3 is 4.74 Å². The first-order valence-corrected chi connectivity index (χ1v) is 7.32. The Kier molecular flexibility index (Phi) is 3.42. The minimum Gasteiger partial charge on any atom is -0.484 e. The van der Waals surface area contributed by atoms with Crippen molar-refractivity contribution >= 4 is 11.6 Å². The largest absolute Gasteiger partial charge is 0.484 e. The fraction of sp³-hybridized carbons (Fsp3) is 0.600. The normalized spacial score (nSPS) is 29.0. The van der Waals surface area contributed by atoms with Gasteiger partial charge in [0.05, 0.1) is 0 Å². The van der Waals surface area contributed by atoms with E-state index in [2.05, 4.69) is 0 Å². The Morgan fingerprint density at radius 2 is 1.74 bits per heavy atom. The SMILES string of the molecule is Fc1cccc(F)c1OC1CC(Cl)C12CCCCC2. The van der Waals surface area contributed by atoms with Crippen molar-refractivity contribution in [3.8, 4) is 5.75 Å². The Bertz CT molecular complexity index is 451. The quantitative estimate of drug-likeness (QED) is 0.718. The standard InChI is InChI=1S/C15H17ClF2O/c16-12-9-13(15(12)7-2-1-3-8-15)19-14-10(17)5-4-6-11(14)18/h4-6,12-13H,1-3,7-9H2. The average molecular weight is 287 g/mol. The molecule has 0 aliphatic heterocycles. The van der Waals surface area contributed by atoms with Crippen LogP contribution in [0.4, 0.5) is 8.78 Å². The topological polar surface area (TPSA) is 9.23 Å². The summed E-state index contributed by atoms with van der Waals surface area (Å²) in [5.74, 6) is -1.52. The molecule has 0 amide bonds. The van der Waals surface area contributed by atoms with Gasteiger partial charge in [-0.05, 0) is 25.0 Å². The monoisotopic (exact) mass is 286 g/mol. The number of benzene rings is 1. The second-order valence-corrected chi connectivity index (χ2v) is 6.18. The number of ether oxygens (including phenoxy) is 1. The van der Waals surface area contributed by atoms with Crippen LogP contribution in [-0.4, -0.2) is 11.5 Å². The third-order valence-corrected chi connectivity index (χ3v) is 5.26. The molecule has 0 N–H and O–H groups in total. The summed E-state index contributed by atoms with van der Waals surface area (Å²) in [5.41, 5.74) is -0.0749. The van der Waals surface area contributed by atoms with Crippen LogP contribution in [0.1, 0.15) is 38.5 Å². The van der Waals surface area contributed by atoms with E-state index in [1.54, 1.807) is 0 Å². The number of hydrogen-bond donors (Lipinski definition) is 0. The van der Waals surface area contributed by atoms with Crippen molar-refractivity contribution in [1.29, 1.82) is 0 Å². The van der Waals surface area contributed by atoms with Crippen LogP contribution >= 0.6 is 11.6 Å². The Morgan fingerprint density at radius 1 is 1.11 bits per heavy atom. The summed E-state index contributed by atoms with van der Waals surface area (Å²) in [5, 5.41) is 0.0765. The van der Waals surface area contributed by atoms with Crippen LogP contribution in [0.25, 0.3) is 0 Å². The smallest absolute Gasteiger partial charge is 0.191 e. The zero-order valence-electron chi connectivity index (χ0n) is 10.7. The van der Waals surface area contributed by atoms with Crippen LogP contribution in [0.5, 0.6) is 5.75 Å². The lowest BCUT2D eigenvalue weighted by molar-refractivity contribution is -0.0682. The number of rotatable bonds is 2. The molecule has 2 aliphatic carbocycles. The lowest BCUT2D eigenvalue weighted by atomic mass is 9.58. The molecule has 0 saturated heterocycles. The predicted molar refractivity (Wildman–Crippen MR) is 70.6 cm³/mol. The molecule has 2 unspecified atom stereocenters. The second kappa shape index (κ2) is 4.93. The van der Waals surface area contributed by atoms with Gasteiger partial charge in [-0.25, -0.2) is 8.78 Å². The van der Waals surface area contributed by atoms with Gasteiger partial charge in [0.1, 0.15) is 6.10 Å². The zero-order valence-corrected chi connectivity index (χ0v) is 11.4. The van der Waals surface area contributed by atoms with E-state index in [4.69, 9.17) is 16.3 Å². The number of para-hydroxylation sites is 1. The molecule has 2 atom stereocenters. The Morgan fingerprint density at radius 3 is 2.32 bits per heavy atom. The molecule has 2 fully saturated rings.